The molecule has 0 aliphatic heterocycles. The Kier molecular flexibility index (Phi) is 37.3. The van der Waals surface area contributed by atoms with Crippen LogP contribution in [-0.4, -0.2) is 139 Å². The number of unbranched alkanes of at least 4 members (excludes halogenated alkanes) is 21. The second-order valence-electron chi connectivity index (χ2n) is 18.2. The molecule has 0 spiro atoms. The van der Waals surface area contributed by atoms with Crippen LogP contribution in [-0.2, 0) is 57.2 Å². The molecule has 0 rings (SSSR count). The molecule has 0 aromatic heterocycles. The highest BCUT2D eigenvalue weighted by molar-refractivity contribution is 5.71. The number of rotatable bonds is 43. The van der Waals surface area contributed by atoms with E-state index in [0.717, 1.165) is 141 Å². The van der Waals surface area contributed by atoms with Crippen LogP contribution in [0.1, 0.15) is 181 Å². The second-order valence-corrected chi connectivity index (χ2v) is 18.2. The van der Waals surface area contributed by atoms with E-state index in [-0.39, 0.29) is 62.1 Å². The van der Waals surface area contributed by atoms with Crippen LogP contribution in [0.15, 0.2) is 0 Å². The van der Waals surface area contributed by atoms with E-state index in [1.54, 1.807) is 0 Å². The van der Waals surface area contributed by atoms with Crippen LogP contribution in [0.25, 0.3) is 0 Å². The molecule has 0 aromatic carbocycles. The highest BCUT2D eigenvalue weighted by atomic mass is 16.6. The van der Waals surface area contributed by atoms with Gasteiger partial charge in [0.25, 0.3) is 0 Å². The van der Waals surface area contributed by atoms with Crippen LogP contribution in [0, 0.1) is 0 Å². The van der Waals surface area contributed by atoms with E-state index in [4.69, 9.17) is 28.4 Å². The molecule has 0 saturated heterocycles. The molecule has 0 N–H and O–H groups in total. The van der Waals surface area contributed by atoms with Crippen molar-refractivity contribution in [3.05, 3.63) is 0 Å². The van der Waals surface area contributed by atoms with Gasteiger partial charge in [0.2, 0.25) is 0 Å². The van der Waals surface area contributed by atoms with Crippen molar-refractivity contribution in [2.75, 3.05) is 94.0 Å². The maximum absolute atomic E-state index is 12.1. The Balaban J connectivity index is 3.42. The van der Waals surface area contributed by atoms with Gasteiger partial charge in [-0.3, -0.25) is 19.2 Å². The molecule has 14 heteroatoms. The molecule has 0 saturated carbocycles. The van der Waals surface area contributed by atoms with E-state index in [9.17, 15) is 28.8 Å². The molecule has 0 unspecified atom stereocenters. The smallest absolute Gasteiger partial charge is 0.361 e. The summed E-state index contributed by atoms with van der Waals surface area (Å²) in [5, 5.41) is 0. The van der Waals surface area contributed by atoms with Crippen molar-refractivity contribution in [1.29, 1.82) is 0 Å². The van der Waals surface area contributed by atoms with Gasteiger partial charge >= 0.3 is 35.8 Å². The van der Waals surface area contributed by atoms with Crippen molar-refractivity contribution in [2.45, 2.75) is 181 Å². The van der Waals surface area contributed by atoms with Crippen molar-refractivity contribution < 1.29 is 66.2 Å². The monoisotopic (exact) mass is 887 g/mol. The standard InChI is InChI=1S/C48H90N2O12/c1-43(51)57-39-33-49(3,4)41-47(55)61-37-29-23-15-9-7-13-19-25-31-45(53)59-35-27-21-17-11-12-18-22-28-36-60-46(54)32-26-20-14-8-10-16-24-30-38-62-48(56)42-50(5,6)34-40-58-44(2)52/h7-42H2,1-6H3/q+2. The fourth-order valence-electron chi connectivity index (χ4n) is 6.84. The van der Waals surface area contributed by atoms with Crippen LogP contribution in [0.2, 0.25) is 0 Å². The highest BCUT2D eigenvalue weighted by Crippen LogP contribution is 2.14. The average Bonchev–Trinajstić information content (AvgIpc) is 3.18. The lowest BCUT2D eigenvalue weighted by molar-refractivity contribution is -0.883. The van der Waals surface area contributed by atoms with Crippen molar-refractivity contribution in [2.24, 2.45) is 0 Å². The molecular weight excluding hydrogens is 797 g/mol. The first kappa shape index (κ1) is 58.7. The number of quaternary nitrogens is 2. The lowest BCUT2D eigenvalue weighted by Gasteiger charge is -2.28. The van der Waals surface area contributed by atoms with Crippen LogP contribution in [0.5, 0.6) is 0 Å². The number of nitrogens with zero attached hydrogens (tertiary/aromatic N) is 2. The molecule has 0 aliphatic rings. The number of esters is 6. The van der Waals surface area contributed by atoms with Crippen molar-refractivity contribution in [1.82, 2.24) is 0 Å². The van der Waals surface area contributed by atoms with E-state index in [0.29, 0.717) is 61.3 Å². The van der Waals surface area contributed by atoms with E-state index >= 15 is 0 Å². The summed E-state index contributed by atoms with van der Waals surface area (Å²) in [4.78, 5) is 70.1. The Morgan fingerprint density at radius 3 is 0.774 bits per heavy atom. The molecule has 0 bridgehead atoms. The van der Waals surface area contributed by atoms with Gasteiger partial charge in [0.15, 0.2) is 13.1 Å². The Bertz CT molecular complexity index is 1100. The Labute approximate surface area is 375 Å². The Hall–Kier alpha value is -3.26. The first-order valence-electron chi connectivity index (χ1n) is 24.1. The van der Waals surface area contributed by atoms with E-state index < -0.39 is 0 Å². The first-order chi connectivity index (χ1) is 29.6. The molecule has 0 radical (unpaired) electrons. The molecule has 0 heterocycles. The molecular formula is C48H90N2O12+2. The van der Waals surface area contributed by atoms with Gasteiger partial charge in [0.05, 0.1) is 54.6 Å². The molecule has 0 atom stereocenters. The molecule has 62 heavy (non-hydrogen) atoms. The summed E-state index contributed by atoms with van der Waals surface area (Å²) >= 11 is 0. The minimum atomic E-state index is -0.315. The van der Waals surface area contributed by atoms with Crippen molar-refractivity contribution in [3.8, 4) is 0 Å². The van der Waals surface area contributed by atoms with Gasteiger partial charge in [-0.05, 0) is 38.5 Å². The summed E-state index contributed by atoms with van der Waals surface area (Å²) in [6, 6.07) is 0. The minimum Gasteiger partial charge on any atom is -0.466 e. The molecule has 0 aromatic rings. The van der Waals surface area contributed by atoms with Crippen molar-refractivity contribution in [3.63, 3.8) is 0 Å². The molecule has 362 valence electrons. The van der Waals surface area contributed by atoms with E-state index in [2.05, 4.69) is 0 Å². The fraction of sp³-hybridized carbons (Fsp3) is 0.875. The van der Waals surface area contributed by atoms with Crippen molar-refractivity contribution >= 4 is 35.8 Å². The zero-order valence-corrected chi connectivity index (χ0v) is 40.2. The topological polar surface area (TPSA) is 158 Å². The third-order valence-electron chi connectivity index (χ3n) is 10.8. The van der Waals surface area contributed by atoms with Gasteiger partial charge in [-0.25, -0.2) is 9.59 Å². The minimum absolute atomic E-state index is 0.0862. The van der Waals surface area contributed by atoms with Gasteiger partial charge in [0.1, 0.15) is 26.3 Å². The molecule has 0 aliphatic carbocycles. The number of likely N-dealkylation sites (N-methyl/N-ethyl adjacent to an activating group) is 2. The normalized spacial score (nSPS) is 11.5. The van der Waals surface area contributed by atoms with E-state index in [1.165, 1.54) is 26.7 Å². The second kappa shape index (κ2) is 39.3. The predicted octanol–water partition coefficient (Wildman–Crippen LogP) is 8.58. The maximum Gasteiger partial charge on any atom is 0.361 e. The number of hydrogen-bond acceptors (Lipinski definition) is 12. The highest BCUT2D eigenvalue weighted by Gasteiger charge is 2.22. The number of carbonyl (C=O) groups excluding carboxylic acids is 6. The number of hydrogen-bond donors (Lipinski definition) is 0. The van der Waals surface area contributed by atoms with Crippen LogP contribution in [0.4, 0.5) is 0 Å². The zero-order valence-electron chi connectivity index (χ0n) is 40.2. The van der Waals surface area contributed by atoms with Crippen LogP contribution >= 0.6 is 0 Å². The Morgan fingerprint density at radius 1 is 0.290 bits per heavy atom. The summed E-state index contributed by atoms with van der Waals surface area (Å²) in [6.07, 6.45) is 26.3. The van der Waals surface area contributed by atoms with Gasteiger partial charge in [-0.1, -0.05) is 116 Å². The molecule has 0 amide bonds. The summed E-state index contributed by atoms with van der Waals surface area (Å²) in [6.45, 7) is 6.86. The predicted molar refractivity (Wildman–Crippen MR) is 241 cm³/mol. The zero-order chi connectivity index (χ0) is 46.2. The van der Waals surface area contributed by atoms with Gasteiger partial charge in [-0.2, -0.15) is 0 Å². The van der Waals surface area contributed by atoms with Gasteiger partial charge in [-0.15, -0.1) is 0 Å². The third-order valence-corrected chi connectivity index (χ3v) is 10.8. The van der Waals surface area contributed by atoms with Gasteiger partial charge < -0.3 is 37.4 Å². The maximum atomic E-state index is 12.1. The average molecular weight is 887 g/mol. The van der Waals surface area contributed by atoms with Crippen LogP contribution in [0.3, 0.4) is 0 Å². The largest absolute Gasteiger partial charge is 0.466 e. The van der Waals surface area contributed by atoms with E-state index in [1.807, 2.05) is 28.2 Å². The lowest BCUT2D eigenvalue weighted by atomic mass is 10.1. The third kappa shape index (κ3) is 43.4. The SMILES string of the molecule is CC(=O)OCC[N+](C)(C)CC(=O)OCCCCCCCCCCC(=O)OCCCCCCCCCCOC(=O)CCCCCCCCCCOC(=O)C[N+](C)(C)CCOC(C)=O. The number of ether oxygens (including phenoxy) is 6. The summed E-state index contributed by atoms with van der Waals surface area (Å²) < 4.78 is 32.3. The molecule has 0 fully saturated rings. The summed E-state index contributed by atoms with van der Waals surface area (Å²) in [5.41, 5.74) is 0. The van der Waals surface area contributed by atoms with Gasteiger partial charge in [0, 0.05) is 26.7 Å². The fourth-order valence-corrected chi connectivity index (χ4v) is 6.84. The number of carbonyl (C=O) groups is 6. The Morgan fingerprint density at radius 2 is 0.516 bits per heavy atom. The quantitative estimate of drug-likeness (QED) is 0.0249. The van der Waals surface area contributed by atoms with Crippen LogP contribution < -0.4 is 0 Å². The summed E-state index contributed by atoms with van der Waals surface area (Å²) in [5.74, 6) is -1.25. The first-order valence-corrected chi connectivity index (χ1v) is 24.1. The summed E-state index contributed by atoms with van der Waals surface area (Å²) in [7, 11) is 7.66. The lowest BCUT2D eigenvalue weighted by Crippen LogP contribution is -2.46. The molecule has 14 nitrogen and oxygen atoms in total.